The molecule has 0 aliphatic carbocycles. The van der Waals surface area contributed by atoms with Crippen molar-refractivity contribution in [2.75, 3.05) is 18.5 Å². The van der Waals surface area contributed by atoms with Crippen LogP contribution in [-0.4, -0.2) is 25.1 Å². The number of carbonyl (C=O) groups excluding carboxylic acids is 2. The van der Waals surface area contributed by atoms with E-state index in [1.807, 2.05) is 44.2 Å². The second-order valence-electron chi connectivity index (χ2n) is 5.25. The molecule has 0 aliphatic heterocycles. The fourth-order valence-electron chi connectivity index (χ4n) is 1.95. The number of para-hydroxylation sites is 1. The quantitative estimate of drug-likeness (QED) is 0.763. The number of aryl methyl sites for hydroxylation is 2. The van der Waals surface area contributed by atoms with E-state index in [0.29, 0.717) is 11.4 Å². The number of anilines is 1. The van der Waals surface area contributed by atoms with Crippen LogP contribution in [0.1, 0.15) is 11.1 Å². The highest BCUT2D eigenvalue weighted by molar-refractivity contribution is 9.10. The number of hydrogen-bond donors (Lipinski definition) is 1. The maximum atomic E-state index is 11.8. The molecule has 5 nitrogen and oxygen atoms in total. The zero-order valence-corrected chi connectivity index (χ0v) is 15.1. The van der Waals surface area contributed by atoms with Crippen molar-refractivity contribution >= 4 is 33.5 Å². The van der Waals surface area contributed by atoms with Crippen molar-refractivity contribution in [3.63, 3.8) is 0 Å². The van der Waals surface area contributed by atoms with Crippen molar-refractivity contribution in [2.24, 2.45) is 0 Å². The van der Waals surface area contributed by atoms with E-state index < -0.39 is 11.9 Å². The van der Waals surface area contributed by atoms with Gasteiger partial charge < -0.3 is 14.8 Å². The molecule has 6 heteroatoms. The maximum absolute atomic E-state index is 11.8. The van der Waals surface area contributed by atoms with Crippen LogP contribution in [0.3, 0.4) is 0 Å². The zero-order chi connectivity index (χ0) is 17.5. The molecular weight excluding hydrogens is 374 g/mol. The number of benzene rings is 2. The average molecular weight is 392 g/mol. The molecule has 0 saturated carbocycles. The van der Waals surface area contributed by atoms with Crippen LogP contribution in [0, 0.1) is 13.8 Å². The molecule has 0 saturated heterocycles. The third-order valence-electron chi connectivity index (χ3n) is 3.20. The lowest BCUT2D eigenvalue weighted by Gasteiger charge is -2.10. The van der Waals surface area contributed by atoms with Gasteiger partial charge in [0.15, 0.2) is 13.2 Å². The highest BCUT2D eigenvalue weighted by Gasteiger charge is 2.10. The summed E-state index contributed by atoms with van der Waals surface area (Å²) < 4.78 is 11.0. The summed E-state index contributed by atoms with van der Waals surface area (Å²) >= 11 is 3.37. The molecular formula is C18H18BrNO4. The van der Waals surface area contributed by atoms with Gasteiger partial charge >= 0.3 is 5.97 Å². The number of nitrogens with one attached hydrogen (secondary N) is 1. The second-order valence-corrected chi connectivity index (χ2v) is 6.10. The molecule has 0 fully saturated rings. The number of ether oxygens (including phenoxy) is 2. The van der Waals surface area contributed by atoms with Crippen LogP contribution in [0.5, 0.6) is 5.75 Å². The highest BCUT2D eigenvalue weighted by atomic mass is 79.9. The minimum atomic E-state index is -0.601. The summed E-state index contributed by atoms with van der Waals surface area (Å²) in [5.74, 6) is -0.400. The standard InChI is InChI=1S/C18H18BrNO4/c1-12-7-8-15(14(19)9-12)20-17(21)10-24-18(22)11-23-16-6-4-3-5-13(16)2/h3-9H,10-11H2,1-2H3,(H,20,21). The molecule has 1 amide bonds. The van der Waals surface area contributed by atoms with Crippen molar-refractivity contribution in [3.8, 4) is 5.75 Å². The Morgan fingerprint density at radius 1 is 1.08 bits per heavy atom. The number of halogens is 1. The Labute approximate surface area is 149 Å². The van der Waals surface area contributed by atoms with Crippen molar-refractivity contribution in [1.82, 2.24) is 0 Å². The molecule has 0 aliphatic rings. The Morgan fingerprint density at radius 3 is 2.54 bits per heavy atom. The van der Waals surface area contributed by atoms with Gasteiger partial charge in [-0.15, -0.1) is 0 Å². The molecule has 0 unspecified atom stereocenters. The van der Waals surface area contributed by atoms with E-state index in [1.54, 1.807) is 12.1 Å². The summed E-state index contributed by atoms with van der Waals surface area (Å²) in [6, 6.07) is 12.9. The molecule has 0 atom stereocenters. The van der Waals surface area contributed by atoms with Gasteiger partial charge in [-0.05, 0) is 59.1 Å². The lowest BCUT2D eigenvalue weighted by atomic mass is 10.2. The van der Waals surface area contributed by atoms with Gasteiger partial charge in [0.25, 0.3) is 5.91 Å². The minimum Gasteiger partial charge on any atom is -0.482 e. The number of carbonyl (C=O) groups is 2. The Kier molecular flexibility index (Phi) is 6.37. The van der Waals surface area contributed by atoms with Gasteiger partial charge in [-0.2, -0.15) is 0 Å². The summed E-state index contributed by atoms with van der Waals surface area (Å²) in [5, 5.41) is 2.67. The Balaban J connectivity index is 1.77. The first kappa shape index (κ1) is 18.0. The van der Waals surface area contributed by atoms with Crippen LogP contribution in [-0.2, 0) is 14.3 Å². The van der Waals surface area contributed by atoms with Crippen molar-refractivity contribution in [2.45, 2.75) is 13.8 Å². The first-order chi connectivity index (χ1) is 11.5. The molecule has 126 valence electrons. The van der Waals surface area contributed by atoms with Gasteiger partial charge in [-0.25, -0.2) is 4.79 Å². The predicted molar refractivity (Wildman–Crippen MR) is 95.1 cm³/mol. The largest absolute Gasteiger partial charge is 0.482 e. The van der Waals surface area contributed by atoms with Gasteiger partial charge in [0.1, 0.15) is 5.75 Å². The van der Waals surface area contributed by atoms with E-state index in [9.17, 15) is 9.59 Å². The Hall–Kier alpha value is -2.34. The van der Waals surface area contributed by atoms with E-state index in [1.165, 1.54) is 0 Å². The Bertz CT molecular complexity index is 746. The van der Waals surface area contributed by atoms with Gasteiger partial charge in [0.05, 0.1) is 5.69 Å². The topological polar surface area (TPSA) is 64.6 Å². The third-order valence-corrected chi connectivity index (χ3v) is 3.86. The fourth-order valence-corrected chi connectivity index (χ4v) is 2.54. The van der Waals surface area contributed by atoms with E-state index >= 15 is 0 Å². The Morgan fingerprint density at radius 2 is 1.83 bits per heavy atom. The second kappa shape index (κ2) is 8.49. The van der Waals surface area contributed by atoms with Gasteiger partial charge in [0.2, 0.25) is 0 Å². The summed E-state index contributed by atoms with van der Waals surface area (Å²) in [7, 11) is 0. The van der Waals surface area contributed by atoms with E-state index in [4.69, 9.17) is 9.47 Å². The molecule has 2 aromatic rings. The molecule has 0 spiro atoms. The average Bonchev–Trinajstić information content (AvgIpc) is 2.55. The summed E-state index contributed by atoms with van der Waals surface area (Å²) in [5.41, 5.74) is 2.62. The van der Waals surface area contributed by atoms with Crippen LogP contribution in [0.2, 0.25) is 0 Å². The van der Waals surface area contributed by atoms with Crippen LogP contribution in [0.4, 0.5) is 5.69 Å². The molecule has 0 radical (unpaired) electrons. The smallest absolute Gasteiger partial charge is 0.344 e. The zero-order valence-electron chi connectivity index (χ0n) is 13.5. The first-order valence-electron chi connectivity index (χ1n) is 7.36. The molecule has 0 bridgehead atoms. The molecule has 0 aromatic heterocycles. The van der Waals surface area contributed by atoms with Crippen molar-refractivity contribution in [1.29, 1.82) is 0 Å². The summed E-state index contributed by atoms with van der Waals surface area (Å²) in [4.78, 5) is 23.5. The molecule has 2 rings (SSSR count). The maximum Gasteiger partial charge on any atom is 0.344 e. The number of rotatable bonds is 6. The fraction of sp³-hybridized carbons (Fsp3) is 0.222. The lowest BCUT2D eigenvalue weighted by Crippen LogP contribution is -2.23. The molecule has 0 heterocycles. The number of amides is 1. The monoisotopic (exact) mass is 391 g/mol. The molecule has 1 N–H and O–H groups in total. The van der Waals surface area contributed by atoms with Crippen LogP contribution in [0.25, 0.3) is 0 Å². The molecule has 24 heavy (non-hydrogen) atoms. The summed E-state index contributed by atoms with van der Waals surface area (Å²) in [6.45, 7) is 3.22. The van der Waals surface area contributed by atoms with Crippen LogP contribution < -0.4 is 10.1 Å². The minimum absolute atomic E-state index is 0.244. The van der Waals surface area contributed by atoms with Gasteiger partial charge in [-0.1, -0.05) is 24.3 Å². The normalized spacial score (nSPS) is 10.1. The SMILES string of the molecule is Cc1ccc(NC(=O)COC(=O)COc2ccccc2C)c(Br)c1. The van der Waals surface area contributed by atoms with Crippen molar-refractivity contribution in [3.05, 3.63) is 58.1 Å². The summed E-state index contributed by atoms with van der Waals surface area (Å²) in [6.07, 6.45) is 0. The third kappa shape index (κ3) is 5.38. The molecule has 2 aromatic carbocycles. The van der Waals surface area contributed by atoms with E-state index in [2.05, 4.69) is 21.2 Å². The van der Waals surface area contributed by atoms with E-state index in [-0.39, 0.29) is 13.2 Å². The number of esters is 1. The van der Waals surface area contributed by atoms with Crippen LogP contribution >= 0.6 is 15.9 Å². The lowest BCUT2D eigenvalue weighted by molar-refractivity contribution is -0.149. The predicted octanol–water partition coefficient (Wildman–Crippen LogP) is 3.63. The van der Waals surface area contributed by atoms with Crippen molar-refractivity contribution < 1.29 is 19.1 Å². The van der Waals surface area contributed by atoms with Gasteiger partial charge in [-0.3, -0.25) is 4.79 Å². The van der Waals surface area contributed by atoms with Gasteiger partial charge in [0, 0.05) is 4.47 Å². The number of hydrogen-bond acceptors (Lipinski definition) is 4. The van der Waals surface area contributed by atoms with E-state index in [0.717, 1.165) is 15.6 Å². The highest BCUT2D eigenvalue weighted by Crippen LogP contribution is 2.23. The van der Waals surface area contributed by atoms with Crippen LogP contribution in [0.15, 0.2) is 46.9 Å². The first-order valence-corrected chi connectivity index (χ1v) is 8.15.